The molecule has 4 heteroatoms. The number of piperazine rings is 1. The first-order valence-corrected chi connectivity index (χ1v) is 6.01. The van der Waals surface area contributed by atoms with E-state index in [9.17, 15) is 8.78 Å². The molecule has 0 aliphatic carbocycles. The highest BCUT2D eigenvalue weighted by Crippen LogP contribution is 2.26. The second-order valence-corrected chi connectivity index (χ2v) is 4.72. The Morgan fingerprint density at radius 1 is 1.35 bits per heavy atom. The van der Waals surface area contributed by atoms with Gasteiger partial charge in [0.05, 0.1) is 6.04 Å². The predicted molar refractivity (Wildman–Crippen MR) is 63.8 cm³/mol. The molecule has 1 aromatic rings. The SMILES string of the molecule is CC(C)N1CCNCC1c1cc(F)ccc1F. The number of nitrogens with one attached hydrogen (secondary N) is 1. The highest BCUT2D eigenvalue weighted by Gasteiger charge is 2.27. The van der Waals surface area contributed by atoms with Gasteiger partial charge in [0.25, 0.3) is 0 Å². The standard InChI is InChI=1S/C13H18F2N2/c1-9(2)17-6-5-16-8-13(17)11-7-10(14)3-4-12(11)15/h3-4,7,9,13,16H,5-6,8H2,1-2H3. The molecule has 1 saturated heterocycles. The van der Waals surface area contributed by atoms with E-state index >= 15 is 0 Å². The number of halogens is 2. The Kier molecular flexibility index (Phi) is 3.74. The zero-order valence-corrected chi connectivity index (χ0v) is 10.2. The molecule has 2 nitrogen and oxygen atoms in total. The van der Waals surface area contributed by atoms with E-state index in [2.05, 4.69) is 24.1 Å². The van der Waals surface area contributed by atoms with Crippen molar-refractivity contribution in [2.45, 2.75) is 25.9 Å². The highest BCUT2D eigenvalue weighted by atomic mass is 19.1. The minimum Gasteiger partial charge on any atom is -0.314 e. The molecule has 94 valence electrons. The lowest BCUT2D eigenvalue weighted by Gasteiger charge is -2.39. The van der Waals surface area contributed by atoms with Crippen molar-refractivity contribution in [3.8, 4) is 0 Å². The maximum absolute atomic E-state index is 13.8. The lowest BCUT2D eigenvalue weighted by molar-refractivity contribution is 0.121. The monoisotopic (exact) mass is 240 g/mol. The molecular formula is C13H18F2N2. The Morgan fingerprint density at radius 3 is 2.82 bits per heavy atom. The summed E-state index contributed by atoms with van der Waals surface area (Å²) in [7, 11) is 0. The average Bonchev–Trinajstić information content (AvgIpc) is 2.32. The molecule has 1 atom stereocenters. The largest absolute Gasteiger partial charge is 0.314 e. The molecule has 1 aliphatic heterocycles. The zero-order valence-electron chi connectivity index (χ0n) is 10.2. The smallest absolute Gasteiger partial charge is 0.128 e. The minimum absolute atomic E-state index is 0.0838. The van der Waals surface area contributed by atoms with Crippen molar-refractivity contribution in [2.75, 3.05) is 19.6 Å². The van der Waals surface area contributed by atoms with Crippen molar-refractivity contribution < 1.29 is 8.78 Å². The van der Waals surface area contributed by atoms with E-state index < -0.39 is 0 Å². The quantitative estimate of drug-likeness (QED) is 0.853. The van der Waals surface area contributed by atoms with Crippen molar-refractivity contribution in [1.82, 2.24) is 10.2 Å². The fourth-order valence-electron chi connectivity index (χ4n) is 2.40. The molecule has 0 saturated carbocycles. The molecule has 0 aromatic heterocycles. The normalized spacial score (nSPS) is 22.1. The fraction of sp³-hybridized carbons (Fsp3) is 0.538. The van der Waals surface area contributed by atoms with Crippen molar-refractivity contribution in [3.05, 3.63) is 35.4 Å². The van der Waals surface area contributed by atoms with E-state index in [1.807, 2.05) is 0 Å². The summed E-state index contributed by atoms with van der Waals surface area (Å²) in [5, 5.41) is 3.23. The molecule has 0 radical (unpaired) electrons. The molecule has 1 aromatic carbocycles. The first kappa shape index (κ1) is 12.5. The van der Waals surface area contributed by atoms with E-state index in [4.69, 9.17) is 0 Å². The van der Waals surface area contributed by atoms with Crippen LogP contribution in [0.25, 0.3) is 0 Å². The van der Waals surface area contributed by atoms with Crippen LogP contribution in [0.15, 0.2) is 18.2 Å². The van der Waals surface area contributed by atoms with Gasteiger partial charge in [-0.3, -0.25) is 4.90 Å². The van der Waals surface area contributed by atoms with Crippen LogP contribution < -0.4 is 5.32 Å². The number of hydrogen-bond acceptors (Lipinski definition) is 2. The van der Waals surface area contributed by atoms with Gasteiger partial charge in [0.15, 0.2) is 0 Å². The van der Waals surface area contributed by atoms with Crippen LogP contribution in [-0.4, -0.2) is 30.6 Å². The predicted octanol–water partition coefficient (Wildman–Crippen LogP) is 2.32. The third kappa shape index (κ3) is 2.64. The summed E-state index contributed by atoms with van der Waals surface area (Å²) in [5.41, 5.74) is 0.450. The number of hydrogen-bond donors (Lipinski definition) is 1. The number of benzene rings is 1. The van der Waals surface area contributed by atoms with Crippen molar-refractivity contribution in [2.24, 2.45) is 0 Å². The minimum atomic E-state index is -0.379. The summed E-state index contributed by atoms with van der Waals surface area (Å²) in [6.07, 6.45) is 0. The van der Waals surface area contributed by atoms with Gasteiger partial charge >= 0.3 is 0 Å². The molecule has 17 heavy (non-hydrogen) atoms. The van der Waals surface area contributed by atoms with Crippen LogP contribution in [-0.2, 0) is 0 Å². The molecule has 1 aliphatic rings. The average molecular weight is 240 g/mol. The topological polar surface area (TPSA) is 15.3 Å². The van der Waals surface area contributed by atoms with E-state index in [1.54, 1.807) is 0 Å². The second-order valence-electron chi connectivity index (χ2n) is 4.72. The van der Waals surface area contributed by atoms with Crippen LogP contribution in [0, 0.1) is 11.6 Å². The first-order valence-electron chi connectivity index (χ1n) is 6.01. The third-order valence-corrected chi connectivity index (χ3v) is 3.27. The van der Waals surface area contributed by atoms with Gasteiger partial charge in [-0.2, -0.15) is 0 Å². The van der Waals surface area contributed by atoms with Crippen LogP contribution >= 0.6 is 0 Å². The fourth-order valence-corrected chi connectivity index (χ4v) is 2.40. The molecule has 1 fully saturated rings. The molecule has 0 amide bonds. The van der Waals surface area contributed by atoms with Crippen LogP contribution in [0.4, 0.5) is 8.78 Å². The summed E-state index contributed by atoms with van der Waals surface area (Å²) >= 11 is 0. The molecule has 0 spiro atoms. The summed E-state index contributed by atoms with van der Waals surface area (Å²) < 4.78 is 27.0. The van der Waals surface area contributed by atoms with Crippen molar-refractivity contribution in [3.63, 3.8) is 0 Å². The van der Waals surface area contributed by atoms with Gasteiger partial charge in [-0.25, -0.2) is 8.78 Å². The summed E-state index contributed by atoms with van der Waals surface area (Å²) in [5.74, 6) is -0.707. The Labute approximate surface area is 101 Å². The van der Waals surface area contributed by atoms with E-state index in [0.29, 0.717) is 18.2 Å². The second kappa shape index (κ2) is 5.10. The van der Waals surface area contributed by atoms with Gasteiger partial charge in [-0.1, -0.05) is 0 Å². The molecule has 1 N–H and O–H groups in total. The lowest BCUT2D eigenvalue weighted by Crippen LogP contribution is -2.49. The van der Waals surface area contributed by atoms with E-state index in [0.717, 1.165) is 19.2 Å². The van der Waals surface area contributed by atoms with Crippen LogP contribution in [0.3, 0.4) is 0 Å². The van der Waals surface area contributed by atoms with Gasteiger partial charge in [-0.15, -0.1) is 0 Å². The summed E-state index contributed by atoms with van der Waals surface area (Å²) in [6, 6.07) is 3.92. The molecule has 0 bridgehead atoms. The molecule has 2 rings (SSSR count). The maximum Gasteiger partial charge on any atom is 0.128 e. The molecule has 1 heterocycles. The Bertz CT molecular complexity index is 393. The van der Waals surface area contributed by atoms with Crippen molar-refractivity contribution in [1.29, 1.82) is 0 Å². The summed E-state index contributed by atoms with van der Waals surface area (Å²) in [4.78, 5) is 2.20. The van der Waals surface area contributed by atoms with Gasteiger partial charge < -0.3 is 5.32 Å². The first-order chi connectivity index (χ1) is 8.09. The number of nitrogens with zero attached hydrogens (tertiary/aromatic N) is 1. The molecule has 1 unspecified atom stereocenters. The van der Waals surface area contributed by atoms with E-state index in [-0.39, 0.29) is 17.7 Å². The van der Waals surface area contributed by atoms with Gasteiger partial charge in [0.2, 0.25) is 0 Å². The van der Waals surface area contributed by atoms with Crippen LogP contribution in [0.1, 0.15) is 25.5 Å². The lowest BCUT2D eigenvalue weighted by atomic mass is 10.0. The Hall–Kier alpha value is -1.00. The van der Waals surface area contributed by atoms with Crippen molar-refractivity contribution >= 4 is 0 Å². The Morgan fingerprint density at radius 2 is 2.12 bits per heavy atom. The van der Waals surface area contributed by atoms with Crippen LogP contribution in [0.5, 0.6) is 0 Å². The maximum atomic E-state index is 13.8. The zero-order chi connectivity index (χ0) is 12.4. The third-order valence-electron chi connectivity index (χ3n) is 3.27. The van der Waals surface area contributed by atoms with Gasteiger partial charge in [0.1, 0.15) is 11.6 Å². The van der Waals surface area contributed by atoms with Gasteiger partial charge in [0, 0.05) is 31.2 Å². The van der Waals surface area contributed by atoms with E-state index in [1.165, 1.54) is 12.1 Å². The molecular weight excluding hydrogens is 222 g/mol. The highest BCUT2D eigenvalue weighted by molar-refractivity contribution is 5.23. The number of rotatable bonds is 2. The Balaban J connectivity index is 2.32. The summed E-state index contributed by atoms with van der Waals surface area (Å²) in [6.45, 7) is 6.58. The van der Waals surface area contributed by atoms with Crippen LogP contribution in [0.2, 0.25) is 0 Å². The van der Waals surface area contributed by atoms with Gasteiger partial charge in [-0.05, 0) is 32.0 Å².